The third-order valence-corrected chi connectivity index (χ3v) is 4.71. The van der Waals surface area contributed by atoms with Gasteiger partial charge in [0.25, 0.3) is 0 Å². The Morgan fingerprint density at radius 2 is 2.05 bits per heavy atom. The van der Waals surface area contributed by atoms with Gasteiger partial charge >= 0.3 is 0 Å². The molecule has 1 aromatic rings. The molecular weight excluding hydrogens is 263 g/mol. The summed E-state index contributed by atoms with van der Waals surface area (Å²) < 4.78 is 13.0. The first kappa shape index (κ1) is 16.4. The molecule has 0 saturated heterocycles. The fourth-order valence-corrected chi connectivity index (χ4v) is 4.03. The van der Waals surface area contributed by atoms with Gasteiger partial charge in [0.2, 0.25) is 0 Å². The fraction of sp³-hybridized carbons (Fsp3) is 0.667. The number of nitrogens with zero attached hydrogens (tertiary/aromatic N) is 1. The molecule has 0 amide bonds. The molecule has 2 unspecified atom stereocenters. The van der Waals surface area contributed by atoms with Gasteiger partial charge < -0.3 is 10.2 Å². The van der Waals surface area contributed by atoms with Crippen LogP contribution in [0.1, 0.15) is 38.2 Å². The summed E-state index contributed by atoms with van der Waals surface area (Å²) in [5.74, 6) is 0.667. The van der Waals surface area contributed by atoms with Crippen LogP contribution in [0.5, 0.6) is 0 Å². The summed E-state index contributed by atoms with van der Waals surface area (Å²) in [7, 11) is 4.24. The monoisotopic (exact) mass is 292 g/mol. The second kappa shape index (κ2) is 7.37. The van der Waals surface area contributed by atoms with Gasteiger partial charge in [-0.05, 0) is 56.0 Å². The van der Waals surface area contributed by atoms with Crippen LogP contribution >= 0.6 is 0 Å². The second-order valence-electron chi connectivity index (χ2n) is 7.03. The Hall–Kier alpha value is -0.930. The molecule has 21 heavy (non-hydrogen) atoms. The average Bonchev–Trinajstić information content (AvgIpc) is 2.41. The molecule has 0 bridgehead atoms. The van der Waals surface area contributed by atoms with Gasteiger partial charge in [-0.1, -0.05) is 31.9 Å². The van der Waals surface area contributed by atoms with Crippen molar-refractivity contribution in [3.8, 4) is 0 Å². The summed E-state index contributed by atoms with van der Waals surface area (Å²) in [6.45, 7) is 5.46. The highest BCUT2D eigenvalue weighted by atomic mass is 19.1. The molecule has 0 radical (unpaired) electrons. The standard InChI is InChI=1S/C18H29FN2/c1-15-5-4-10-18(11-15,13-20-2)14-21(3)12-16-6-8-17(19)9-7-16/h6-9,15,20H,4-5,10-14H2,1-3H3. The van der Waals surface area contributed by atoms with Crippen molar-refractivity contribution in [3.63, 3.8) is 0 Å². The zero-order valence-electron chi connectivity index (χ0n) is 13.7. The summed E-state index contributed by atoms with van der Waals surface area (Å²) in [6.07, 6.45) is 5.33. The van der Waals surface area contributed by atoms with E-state index in [2.05, 4.69) is 31.2 Å². The predicted octanol–water partition coefficient (Wildman–Crippen LogP) is 3.67. The molecule has 2 nitrogen and oxygen atoms in total. The van der Waals surface area contributed by atoms with Crippen LogP contribution in [0.25, 0.3) is 0 Å². The SMILES string of the molecule is CNCC1(CN(C)Cc2ccc(F)cc2)CCCC(C)C1. The third-order valence-electron chi connectivity index (χ3n) is 4.71. The minimum absolute atomic E-state index is 0.158. The Balaban J connectivity index is 1.97. The molecular formula is C18H29FN2. The highest BCUT2D eigenvalue weighted by molar-refractivity contribution is 5.15. The summed E-state index contributed by atoms with van der Waals surface area (Å²) in [5, 5.41) is 3.40. The lowest BCUT2D eigenvalue weighted by molar-refractivity contribution is 0.0910. The molecule has 1 aliphatic rings. The van der Waals surface area contributed by atoms with Gasteiger partial charge in [-0.2, -0.15) is 0 Å². The smallest absolute Gasteiger partial charge is 0.123 e. The Bertz CT molecular complexity index is 427. The number of benzene rings is 1. The van der Waals surface area contributed by atoms with Crippen LogP contribution < -0.4 is 5.32 Å². The number of nitrogens with one attached hydrogen (secondary N) is 1. The lowest BCUT2D eigenvalue weighted by Gasteiger charge is -2.42. The van der Waals surface area contributed by atoms with Crippen molar-refractivity contribution in [2.45, 2.75) is 39.2 Å². The highest BCUT2D eigenvalue weighted by Crippen LogP contribution is 2.39. The van der Waals surface area contributed by atoms with Crippen LogP contribution in [-0.2, 0) is 6.54 Å². The molecule has 1 saturated carbocycles. The lowest BCUT2D eigenvalue weighted by Crippen LogP contribution is -2.44. The Morgan fingerprint density at radius 1 is 1.33 bits per heavy atom. The normalized spacial score (nSPS) is 26.2. The van der Waals surface area contributed by atoms with E-state index in [0.717, 1.165) is 25.6 Å². The molecule has 0 spiro atoms. The number of halogens is 1. The van der Waals surface area contributed by atoms with Crippen molar-refractivity contribution in [3.05, 3.63) is 35.6 Å². The van der Waals surface area contributed by atoms with E-state index in [4.69, 9.17) is 0 Å². The molecule has 3 heteroatoms. The Labute approximate surface area is 128 Å². The first-order valence-corrected chi connectivity index (χ1v) is 8.11. The predicted molar refractivity (Wildman–Crippen MR) is 86.7 cm³/mol. The maximum Gasteiger partial charge on any atom is 0.123 e. The van der Waals surface area contributed by atoms with Gasteiger partial charge in [-0.3, -0.25) is 0 Å². The average molecular weight is 292 g/mol. The Kier molecular flexibility index (Phi) is 5.77. The fourth-order valence-electron chi connectivity index (χ4n) is 4.03. The zero-order chi connectivity index (χ0) is 15.3. The summed E-state index contributed by atoms with van der Waals surface area (Å²) in [5.41, 5.74) is 1.57. The van der Waals surface area contributed by atoms with Gasteiger partial charge in [0.05, 0.1) is 0 Å². The number of rotatable bonds is 6. The van der Waals surface area contributed by atoms with Crippen LogP contribution in [-0.4, -0.2) is 32.1 Å². The highest BCUT2D eigenvalue weighted by Gasteiger charge is 2.35. The summed E-state index contributed by atoms with van der Waals surface area (Å²) >= 11 is 0. The van der Waals surface area contributed by atoms with Crippen LogP contribution in [0.4, 0.5) is 4.39 Å². The minimum atomic E-state index is -0.158. The van der Waals surface area contributed by atoms with Gasteiger partial charge in [0, 0.05) is 19.6 Å². The molecule has 118 valence electrons. The van der Waals surface area contributed by atoms with Crippen LogP contribution in [0, 0.1) is 17.2 Å². The van der Waals surface area contributed by atoms with Gasteiger partial charge in [-0.25, -0.2) is 4.39 Å². The summed E-state index contributed by atoms with van der Waals surface area (Å²) in [6, 6.07) is 6.88. The minimum Gasteiger partial charge on any atom is -0.319 e. The van der Waals surface area contributed by atoms with Gasteiger partial charge in [0.1, 0.15) is 5.82 Å². The first-order valence-electron chi connectivity index (χ1n) is 8.11. The van der Waals surface area contributed by atoms with Crippen molar-refractivity contribution in [2.24, 2.45) is 11.3 Å². The van der Waals surface area contributed by atoms with Crippen molar-refractivity contribution < 1.29 is 4.39 Å². The maximum atomic E-state index is 13.0. The van der Waals surface area contributed by atoms with Gasteiger partial charge in [-0.15, -0.1) is 0 Å². The topological polar surface area (TPSA) is 15.3 Å². The molecule has 1 aromatic carbocycles. The third kappa shape index (κ3) is 4.79. The van der Waals surface area contributed by atoms with E-state index in [1.54, 1.807) is 12.1 Å². The summed E-state index contributed by atoms with van der Waals surface area (Å²) in [4.78, 5) is 2.39. The molecule has 1 aliphatic carbocycles. The van der Waals surface area contributed by atoms with Crippen LogP contribution in [0.3, 0.4) is 0 Å². The van der Waals surface area contributed by atoms with Crippen LogP contribution in [0.15, 0.2) is 24.3 Å². The van der Waals surface area contributed by atoms with Crippen molar-refractivity contribution in [1.82, 2.24) is 10.2 Å². The van der Waals surface area contributed by atoms with E-state index in [1.807, 2.05) is 12.1 Å². The number of hydrogen-bond donors (Lipinski definition) is 1. The van der Waals surface area contributed by atoms with E-state index in [1.165, 1.54) is 31.2 Å². The van der Waals surface area contributed by atoms with Crippen molar-refractivity contribution in [2.75, 3.05) is 27.2 Å². The number of hydrogen-bond acceptors (Lipinski definition) is 2. The Morgan fingerprint density at radius 3 is 2.67 bits per heavy atom. The first-order chi connectivity index (χ1) is 10.0. The largest absolute Gasteiger partial charge is 0.319 e. The second-order valence-corrected chi connectivity index (χ2v) is 7.03. The molecule has 0 aromatic heterocycles. The van der Waals surface area contributed by atoms with E-state index in [-0.39, 0.29) is 5.82 Å². The van der Waals surface area contributed by atoms with E-state index in [0.29, 0.717) is 5.41 Å². The molecule has 1 fully saturated rings. The van der Waals surface area contributed by atoms with Gasteiger partial charge in [0.15, 0.2) is 0 Å². The van der Waals surface area contributed by atoms with E-state index < -0.39 is 0 Å². The van der Waals surface area contributed by atoms with Crippen LogP contribution in [0.2, 0.25) is 0 Å². The van der Waals surface area contributed by atoms with Crippen molar-refractivity contribution >= 4 is 0 Å². The zero-order valence-corrected chi connectivity index (χ0v) is 13.7. The van der Waals surface area contributed by atoms with Crippen molar-refractivity contribution in [1.29, 1.82) is 0 Å². The van der Waals surface area contributed by atoms with E-state index in [9.17, 15) is 4.39 Å². The molecule has 2 rings (SSSR count). The molecule has 0 heterocycles. The quantitative estimate of drug-likeness (QED) is 0.860. The lowest BCUT2D eigenvalue weighted by atomic mass is 9.69. The molecule has 0 aliphatic heterocycles. The van der Waals surface area contributed by atoms with E-state index >= 15 is 0 Å². The molecule has 1 N–H and O–H groups in total. The maximum absolute atomic E-state index is 13.0. The molecule has 2 atom stereocenters.